The quantitative estimate of drug-likeness (QED) is 0.755. The van der Waals surface area contributed by atoms with Crippen molar-refractivity contribution in [2.24, 2.45) is 0 Å². The molecule has 5 nitrogen and oxygen atoms in total. The minimum absolute atomic E-state index is 0.320. The number of carbonyl (C=O) groups is 1. The molecule has 0 unspecified atom stereocenters. The van der Waals surface area contributed by atoms with E-state index >= 15 is 0 Å². The van der Waals surface area contributed by atoms with E-state index in [0.29, 0.717) is 11.3 Å². The van der Waals surface area contributed by atoms with Crippen LogP contribution in [-0.2, 0) is 9.05 Å². The molecule has 0 aliphatic heterocycles. The van der Waals surface area contributed by atoms with Crippen molar-refractivity contribution in [3.05, 3.63) is 11.1 Å². The van der Waals surface area contributed by atoms with Gasteiger partial charge in [0, 0.05) is 16.1 Å². The van der Waals surface area contributed by atoms with E-state index in [0.717, 1.165) is 5.38 Å². The fourth-order valence-corrected chi connectivity index (χ4v) is 2.23. The Balaban J connectivity index is 3.17. The summed E-state index contributed by atoms with van der Waals surface area (Å²) in [6.07, 6.45) is 0. The molecule has 0 aromatic carbocycles. The number of aromatic nitrogens is 1. The van der Waals surface area contributed by atoms with Gasteiger partial charge in [-0.15, -0.1) is 11.3 Å². The normalized spacial score (nSPS) is 11.4. The Hall–Kier alpha value is -0.660. The Kier molecular flexibility index (Phi) is 2.36. The van der Waals surface area contributed by atoms with Crippen LogP contribution in [0.5, 0.6) is 0 Å². The van der Waals surface area contributed by atoms with Crippen molar-refractivity contribution < 1.29 is 18.3 Å². The van der Waals surface area contributed by atoms with Crippen molar-refractivity contribution in [3.63, 3.8) is 0 Å². The van der Waals surface area contributed by atoms with Crippen molar-refractivity contribution in [3.8, 4) is 0 Å². The molecule has 0 aliphatic rings. The lowest BCUT2D eigenvalue weighted by atomic mass is 10.5. The molecule has 8 heteroatoms. The molecule has 1 rings (SSSR count). The molecule has 0 saturated carbocycles. The average molecular weight is 228 g/mol. The Labute approximate surface area is 76.0 Å². The van der Waals surface area contributed by atoms with Gasteiger partial charge in [0.05, 0.1) is 0 Å². The van der Waals surface area contributed by atoms with E-state index in [2.05, 4.69) is 4.98 Å². The molecule has 0 aliphatic carbocycles. The van der Waals surface area contributed by atoms with E-state index in [4.69, 9.17) is 15.8 Å². The first-order valence-corrected chi connectivity index (χ1v) is 5.73. The van der Waals surface area contributed by atoms with Crippen LogP contribution in [0.1, 0.15) is 10.5 Å². The summed E-state index contributed by atoms with van der Waals surface area (Å²) in [6.45, 7) is 0. The summed E-state index contributed by atoms with van der Waals surface area (Å²) < 4.78 is 20.8. The summed E-state index contributed by atoms with van der Waals surface area (Å²) in [5.74, 6) is -1.28. The fourth-order valence-electron chi connectivity index (χ4n) is 0.467. The van der Waals surface area contributed by atoms with Crippen LogP contribution in [0, 0.1) is 0 Å². The van der Waals surface area contributed by atoms with E-state index in [1.54, 1.807) is 0 Å². The van der Waals surface area contributed by atoms with Crippen molar-refractivity contribution in [2.75, 3.05) is 0 Å². The molecule has 0 radical (unpaired) electrons. The number of thiazole rings is 1. The smallest absolute Gasteiger partial charge is 0.355 e. The lowest BCUT2D eigenvalue weighted by molar-refractivity contribution is 0.0691. The van der Waals surface area contributed by atoms with Gasteiger partial charge in [0.15, 0.2) is 5.69 Å². The second-order valence-electron chi connectivity index (χ2n) is 1.74. The van der Waals surface area contributed by atoms with Crippen LogP contribution in [0.15, 0.2) is 9.72 Å². The molecular weight excluding hydrogens is 226 g/mol. The monoisotopic (exact) mass is 227 g/mol. The van der Waals surface area contributed by atoms with Crippen LogP contribution < -0.4 is 0 Å². The summed E-state index contributed by atoms with van der Waals surface area (Å²) >= 11 is 0.673. The van der Waals surface area contributed by atoms with E-state index in [1.165, 1.54) is 0 Å². The van der Waals surface area contributed by atoms with E-state index in [-0.39, 0.29) is 5.69 Å². The molecule has 0 saturated heterocycles. The van der Waals surface area contributed by atoms with Crippen LogP contribution in [0.25, 0.3) is 0 Å². The molecule has 0 bridgehead atoms. The SMILES string of the molecule is O=C(O)c1csc(S(=O)(=O)Cl)n1. The van der Waals surface area contributed by atoms with Gasteiger partial charge < -0.3 is 5.11 Å². The second kappa shape index (κ2) is 3.00. The number of rotatable bonds is 2. The van der Waals surface area contributed by atoms with Crippen molar-refractivity contribution >= 4 is 37.0 Å². The van der Waals surface area contributed by atoms with Gasteiger partial charge in [-0.1, -0.05) is 0 Å². The molecule has 12 heavy (non-hydrogen) atoms. The summed E-state index contributed by atoms with van der Waals surface area (Å²) in [6, 6.07) is 0. The Bertz CT molecular complexity index is 408. The van der Waals surface area contributed by atoms with Crippen molar-refractivity contribution in [1.29, 1.82) is 0 Å². The summed E-state index contributed by atoms with van der Waals surface area (Å²) in [4.78, 5) is 13.5. The molecule has 0 amide bonds. The minimum atomic E-state index is -3.90. The van der Waals surface area contributed by atoms with Crippen LogP contribution >= 0.6 is 22.0 Å². The Morgan fingerprint density at radius 2 is 2.25 bits per heavy atom. The van der Waals surface area contributed by atoms with E-state index in [9.17, 15) is 13.2 Å². The summed E-state index contributed by atoms with van der Waals surface area (Å²) in [5.41, 5.74) is -0.320. The van der Waals surface area contributed by atoms with Gasteiger partial charge in [-0.05, 0) is 0 Å². The maximum Gasteiger partial charge on any atom is 0.355 e. The highest BCUT2D eigenvalue weighted by Crippen LogP contribution is 2.19. The lowest BCUT2D eigenvalue weighted by Gasteiger charge is -1.84. The standard InChI is InChI=1S/C4H2ClNO4S2/c5-12(9,10)4-6-2(1-11-4)3(7)8/h1H,(H,7,8). The second-order valence-corrected chi connectivity index (χ2v) is 5.34. The third kappa shape index (κ3) is 1.93. The average Bonchev–Trinajstić information content (AvgIpc) is 2.30. The fraction of sp³-hybridized carbons (Fsp3) is 0. The first-order chi connectivity index (χ1) is 5.41. The molecule has 1 aromatic heterocycles. The van der Waals surface area contributed by atoms with Crippen LogP contribution in [0.3, 0.4) is 0 Å². The number of carboxylic acids is 1. The predicted octanol–water partition coefficient (Wildman–Crippen LogP) is 0.769. The highest BCUT2D eigenvalue weighted by Gasteiger charge is 2.17. The van der Waals surface area contributed by atoms with Crippen molar-refractivity contribution in [1.82, 2.24) is 4.98 Å². The highest BCUT2D eigenvalue weighted by molar-refractivity contribution is 8.14. The van der Waals surface area contributed by atoms with Gasteiger partial charge >= 0.3 is 5.97 Å². The number of halogens is 1. The zero-order chi connectivity index (χ0) is 9.35. The van der Waals surface area contributed by atoms with Crippen LogP contribution in [-0.4, -0.2) is 24.5 Å². The summed E-state index contributed by atoms with van der Waals surface area (Å²) in [7, 11) is 1.00. The third-order valence-electron chi connectivity index (χ3n) is 0.911. The van der Waals surface area contributed by atoms with E-state index < -0.39 is 19.4 Å². The number of hydrogen-bond acceptors (Lipinski definition) is 5. The lowest BCUT2D eigenvalue weighted by Crippen LogP contribution is -1.97. The van der Waals surface area contributed by atoms with Gasteiger partial charge in [0.25, 0.3) is 9.05 Å². The maximum absolute atomic E-state index is 10.6. The Morgan fingerprint density at radius 3 is 2.50 bits per heavy atom. The number of aromatic carboxylic acids is 1. The first kappa shape index (κ1) is 9.43. The van der Waals surface area contributed by atoms with E-state index in [1.807, 2.05) is 0 Å². The maximum atomic E-state index is 10.6. The molecule has 1 N–H and O–H groups in total. The van der Waals surface area contributed by atoms with Crippen LogP contribution in [0.2, 0.25) is 0 Å². The molecule has 1 heterocycles. The molecule has 1 aromatic rings. The minimum Gasteiger partial charge on any atom is -0.476 e. The third-order valence-corrected chi connectivity index (χ3v) is 3.71. The van der Waals surface area contributed by atoms with Gasteiger partial charge in [0.2, 0.25) is 4.34 Å². The number of nitrogens with zero attached hydrogens (tertiary/aromatic N) is 1. The Morgan fingerprint density at radius 1 is 1.67 bits per heavy atom. The molecule has 0 fully saturated rings. The zero-order valence-corrected chi connectivity index (χ0v) is 7.78. The van der Waals surface area contributed by atoms with Gasteiger partial charge in [-0.25, -0.2) is 18.2 Å². The van der Waals surface area contributed by atoms with Gasteiger partial charge in [-0.3, -0.25) is 0 Å². The first-order valence-electron chi connectivity index (χ1n) is 2.55. The van der Waals surface area contributed by atoms with Gasteiger partial charge in [0.1, 0.15) is 0 Å². The molecular formula is C4H2ClNO4S2. The topological polar surface area (TPSA) is 84.3 Å². The summed E-state index contributed by atoms with van der Waals surface area (Å²) in [5, 5.41) is 9.48. The number of hydrogen-bond donors (Lipinski definition) is 1. The highest BCUT2D eigenvalue weighted by atomic mass is 35.7. The number of carboxylic acid groups (broad SMARTS) is 1. The molecule has 66 valence electrons. The molecule has 0 atom stereocenters. The largest absolute Gasteiger partial charge is 0.476 e. The molecule has 0 spiro atoms. The zero-order valence-electron chi connectivity index (χ0n) is 5.39. The van der Waals surface area contributed by atoms with Crippen molar-refractivity contribution in [2.45, 2.75) is 4.34 Å². The predicted molar refractivity (Wildman–Crippen MR) is 42.1 cm³/mol. The van der Waals surface area contributed by atoms with Crippen LogP contribution in [0.4, 0.5) is 0 Å². The van der Waals surface area contributed by atoms with Gasteiger partial charge in [-0.2, -0.15) is 0 Å².